The first-order valence-electron chi connectivity index (χ1n) is 4.19. The molecule has 0 spiro atoms. The van der Waals surface area contributed by atoms with Gasteiger partial charge in [0, 0.05) is 5.92 Å². The van der Waals surface area contributed by atoms with Crippen LogP contribution in [0, 0.1) is 5.92 Å². The van der Waals surface area contributed by atoms with Gasteiger partial charge in [0.25, 0.3) is 0 Å². The molecule has 1 N–H and O–H groups in total. The van der Waals surface area contributed by atoms with Gasteiger partial charge in [-0.2, -0.15) is 0 Å². The summed E-state index contributed by atoms with van der Waals surface area (Å²) in [7, 11) is 0. The van der Waals surface area contributed by atoms with Gasteiger partial charge in [-0.3, -0.25) is 0 Å². The number of rotatable bonds is 1. The van der Waals surface area contributed by atoms with Crippen molar-refractivity contribution >= 4 is 0 Å². The standard InChI is InChI=1S/C9H16O/c1-2-9(10)8-6-4-3-5-7-8/h2,8,10H,3-7H2,1H3/b9-2+. The Bertz CT molecular complexity index is 121. The third-order valence-corrected chi connectivity index (χ3v) is 2.32. The highest BCUT2D eigenvalue weighted by molar-refractivity contribution is 4.95. The largest absolute Gasteiger partial charge is 0.512 e. The fourth-order valence-corrected chi connectivity index (χ4v) is 1.63. The molecular formula is C9H16O. The van der Waals surface area contributed by atoms with Crippen LogP contribution in [0.5, 0.6) is 0 Å². The van der Waals surface area contributed by atoms with Crippen LogP contribution in [0.25, 0.3) is 0 Å². The molecule has 1 fully saturated rings. The molecule has 0 unspecified atom stereocenters. The Kier molecular flexibility index (Phi) is 2.79. The lowest BCUT2D eigenvalue weighted by atomic mass is 9.88. The summed E-state index contributed by atoms with van der Waals surface area (Å²) in [6.45, 7) is 1.91. The fourth-order valence-electron chi connectivity index (χ4n) is 1.63. The molecule has 1 rings (SSSR count). The van der Waals surface area contributed by atoms with Crippen LogP contribution in [0.1, 0.15) is 39.0 Å². The summed E-state index contributed by atoms with van der Waals surface area (Å²) in [5.74, 6) is 1.10. The van der Waals surface area contributed by atoms with E-state index >= 15 is 0 Å². The second-order valence-electron chi connectivity index (χ2n) is 3.05. The normalized spacial score (nSPS) is 23.1. The molecule has 1 aliphatic carbocycles. The Balaban J connectivity index is 2.39. The molecule has 0 saturated heterocycles. The highest BCUT2D eigenvalue weighted by Crippen LogP contribution is 2.27. The summed E-state index contributed by atoms with van der Waals surface area (Å²) >= 11 is 0. The maximum atomic E-state index is 9.34. The summed E-state index contributed by atoms with van der Waals surface area (Å²) in [6.07, 6.45) is 8.15. The zero-order chi connectivity index (χ0) is 7.40. The summed E-state index contributed by atoms with van der Waals surface area (Å²) in [5.41, 5.74) is 0. The third kappa shape index (κ3) is 1.76. The van der Waals surface area contributed by atoms with Crippen LogP contribution >= 0.6 is 0 Å². The van der Waals surface area contributed by atoms with Gasteiger partial charge in [-0.05, 0) is 25.8 Å². The van der Waals surface area contributed by atoms with E-state index in [-0.39, 0.29) is 0 Å². The van der Waals surface area contributed by atoms with E-state index in [4.69, 9.17) is 0 Å². The molecule has 1 nitrogen and oxygen atoms in total. The van der Waals surface area contributed by atoms with Crippen molar-refractivity contribution in [2.45, 2.75) is 39.0 Å². The quantitative estimate of drug-likeness (QED) is 0.555. The molecule has 0 heterocycles. The number of hydrogen-bond donors (Lipinski definition) is 1. The van der Waals surface area contributed by atoms with Crippen LogP contribution < -0.4 is 0 Å². The van der Waals surface area contributed by atoms with E-state index in [1.54, 1.807) is 0 Å². The van der Waals surface area contributed by atoms with E-state index in [2.05, 4.69) is 0 Å². The molecular weight excluding hydrogens is 124 g/mol. The predicted octanol–water partition coefficient (Wildman–Crippen LogP) is 3.03. The minimum absolute atomic E-state index is 0.485. The molecule has 0 aromatic carbocycles. The molecule has 0 bridgehead atoms. The van der Waals surface area contributed by atoms with Crippen molar-refractivity contribution in [3.63, 3.8) is 0 Å². The van der Waals surface area contributed by atoms with Crippen LogP contribution in [0.4, 0.5) is 0 Å². The maximum Gasteiger partial charge on any atom is 0.0910 e. The SMILES string of the molecule is C/C=C(/O)C1CCCCC1. The lowest BCUT2D eigenvalue weighted by Gasteiger charge is -2.20. The van der Waals surface area contributed by atoms with Crippen molar-refractivity contribution in [1.82, 2.24) is 0 Å². The first-order chi connectivity index (χ1) is 4.84. The Morgan fingerprint density at radius 2 is 1.90 bits per heavy atom. The van der Waals surface area contributed by atoms with Crippen molar-refractivity contribution in [3.8, 4) is 0 Å². The van der Waals surface area contributed by atoms with E-state index in [1.165, 1.54) is 32.1 Å². The topological polar surface area (TPSA) is 20.2 Å². The Hall–Kier alpha value is -0.460. The molecule has 1 heteroatoms. The van der Waals surface area contributed by atoms with Crippen molar-refractivity contribution in [2.24, 2.45) is 5.92 Å². The second-order valence-corrected chi connectivity index (χ2v) is 3.05. The minimum Gasteiger partial charge on any atom is -0.512 e. The van der Waals surface area contributed by atoms with Gasteiger partial charge < -0.3 is 5.11 Å². The predicted molar refractivity (Wildman–Crippen MR) is 43.0 cm³/mol. The number of aliphatic hydroxyl groups is 1. The van der Waals surface area contributed by atoms with Crippen LogP contribution in [0.15, 0.2) is 11.8 Å². The van der Waals surface area contributed by atoms with E-state index in [9.17, 15) is 5.11 Å². The van der Waals surface area contributed by atoms with E-state index in [0.29, 0.717) is 11.7 Å². The summed E-state index contributed by atoms with van der Waals surface area (Å²) in [6, 6.07) is 0. The van der Waals surface area contributed by atoms with Crippen LogP contribution in [0.2, 0.25) is 0 Å². The van der Waals surface area contributed by atoms with Gasteiger partial charge in [0.15, 0.2) is 0 Å². The lowest BCUT2D eigenvalue weighted by Crippen LogP contribution is -2.08. The zero-order valence-corrected chi connectivity index (χ0v) is 6.64. The van der Waals surface area contributed by atoms with Gasteiger partial charge in [0.2, 0.25) is 0 Å². The lowest BCUT2D eigenvalue weighted by molar-refractivity contribution is 0.275. The van der Waals surface area contributed by atoms with Crippen molar-refractivity contribution in [2.75, 3.05) is 0 Å². The van der Waals surface area contributed by atoms with E-state index < -0.39 is 0 Å². The molecule has 0 aromatic rings. The molecule has 0 radical (unpaired) electrons. The molecule has 1 saturated carbocycles. The smallest absolute Gasteiger partial charge is 0.0910 e. The van der Waals surface area contributed by atoms with E-state index in [1.807, 2.05) is 13.0 Å². The van der Waals surface area contributed by atoms with Gasteiger partial charge in [0.1, 0.15) is 0 Å². The van der Waals surface area contributed by atoms with E-state index in [0.717, 1.165) is 0 Å². The first kappa shape index (κ1) is 7.64. The van der Waals surface area contributed by atoms with Crippen molar-refractivity contribution in [1.29, 1.82) is 0 Å². The molecule has 0 aromatic heterocycles. The van der Waals surface area contributed by atoms with Gasteiger partial charge in [-0.15, -0.1) is 0 Å². The maximum absolute atomic E-state index is 9.34. The highest BCUT2D eigenvalue weighted by atomic mass is 16.3. The van der Waals surface area contributed by atoms with Crippen molar-refractivity contribution < 1.29 is 5.11 Å². The minimum atomic E-state index is 0.485. The van der Waals surface area contributed by atoms with Crippen LogP contribution in [0.3, 0.4) is 0 Å². The summed E-state index contributed by atoms with van der Waals surface area (Å²) in [5, 5.41) is 9.34. The Labute approximate surface area is 62.8 Å². The average Bonchev–Trinajstić information content (AvgIpc) is 2.05. The molecule has 1 aliphatic rings. The molecule has 58 valence electrons. The zero-order valence-electron chi connectivity index (χ0n) is 6.64. The molecule has 10 heavy (non-hydrogen) atoms. The van der Waals surface area contributed by atoms with Crippen LogP contribution in [-0.2, 0) is 0 Å². The Morgan fingerprint density at radius 1 is 1.30 bits per heavy atom. The monoisotopic (exact) mass is 140 g/mol. The molecule has 0 atom stereocenters. The number of hydrogen-bond acceptors (Lipinski definition) is 1. The Morgan fingerprint density at radius 3 is 2.40 bits per heavy atom. The average molecular weight is 140 g/mol. The van der Waals surface area contributed by atoms with Crippen LogP contribution in [-0.4, -0.2) is 5.11 Å². The van der Waals surface area contributed by atoms with Gasteiger partial charge in [-0.1, -0.05) is 19.3 Å². The molecule has 0 aliphatic heterocycles. The van der Waals surface area contributed by atoms with Gasteiger partial charge in [-0.25, -0.2) is 0 Å². The summed E-state index contributed by atoms with van der Waals surface area (Å²) in [4.78, 5) is 0. The second kappa shape index (κ2) is 3.65. The fraction of sp³-hybridized carbons (Fsp3) is 0.778. The highest BCUT2D eigenvalue weighted by Gasteiger charge is 2.15. The number of allylic oxidation sites excluding steroid dienone is 2. The van der Waals surface area contributed by atoms with Gasteiger partial charge >= 0.3 is 0 Å². The summed E-state index contributed by atoms with van der Waals surface area (Å²) < 4.78 is 0. The third-order valence-electron chi connectivity index (χ3n) is 2.32. The first-order valence-corrected chi connectivity index (χ1v) is 4.19. The van der Waals surface area contributed by atoms with Gasteiger partial charge in [0.05, 0.1) is 5.76 Å². The number of aliphatic hydroxyl groups excluding tert-OH is 1. The van der Waals surface area contributed by atoms with Crippen molar-refractivity contribution in [3.05, 3.63) is 11.8 Å². The molecule has 0 amide bonds.